The van der Waals surface area contributed by atoms with Gasteiger partial charge in [0.25, 0.3) is 35.4 Å². The number of phenolic OH excluding ortho intramolecular Hbond substituents is 1. The third-order valence-corrected chi connectivity index (χ3v) is 32.8. The van der Waals surface area contributed by atoms with E-state index in [-0.39, 0.29) is 89.6 Å². The Balaban J connectivity index is 0.000000127. The lowest BCUT2D eigenvalue weighted by Crippen LogP contribution is -2.69. The summed E-state index contributed by atoms with van der Waals surface area (Å²) in [6, 6.07) is 26.8. The SMILES string of the molecule is COCOc1c(OC)c(C)cc2c1[C@@H]1C3Cc4c(OC(C)=O)c(C)c5c(c4[C@H](CN4C(=O)c6ccccc6C4=O)N3C(C#N)[C@H](C2)N1C)OCO5.COCOc1c(OC)c(C)cc2c1[C@@H]1C3Cc4c(OC(C)=O)c(C)c5c(c4[C@H](CN4C(=O)c6ccccc6C4=O)N3C(C#N)[C@H](C2)N1C)OCO5.COc1c(C)cc2c(c1O)[C@@H]1C3Cc4c(OC(C)=O)c(C)c5c(c4[C@H](CN4C(=O)c6ccccc6C4=O)N3C(C#N)[C@H](C2)N1C)OCO5. The van der Waals surface area contributed by atoms with Gasteiger partial charge in [-0.3, -0.25) is 87.3 Å². The highest BCUT2D eigenvalue weighted by Gasteiger charge is 2.64. The summed E-state index contributed by atoms with van der Waals surface area (Å²) in [5.41, 5.74) is 15.8. The number of imide groups is 3. The van der Waals surface area contributed by atoms with Gasteiger partial charge >= 0.3 is 17.9 Å². The molecule has 38 nitrogen and oxygen atoms in total. The summed E-state index contributed by atoms with van der Waals surface area (Å²) in [6.07, 6.45) is 2.55. The van der Waals surface area contributed by atoms with E-state index in [0.29, 0.717) is 208 Å². The Kier molecular flexibility index (Phi) is 25.1. The van der Waals surface area contributed by atoms with Crippen LogP contribution in [0.2, 0.25) is 0 Å². The Morgan fingerprint density at radius 3 is 0.873 bits per heavy atom. The number of benzene rings is 9. The van der Waals surface area contributed by atoms with E-state index in [2.05, 4.69) is 59.7 Å². The van der Waals surface area contributed by atoms with Gasteiger partial charge in [0, 0.05) is 158 Å². The fourth-order valence-corrected chi connectivity index (χ4v) is 27.1. The van der Waals surface area contributed by atoms with E-state index < -0.39 is 114 Å². The van der Waals surface area contributed by atoms with E-state index in [1.54, 1.807) is 108 Å². The van der Waals surface area contributed by atoms with Gasteiger partial charge in [-0.25, -0.2) is 0 Å². The summed E-state index contributed by atoms with van der Waals surface area (Å²) >= 11 is 0. The molecule has 9 aromatic carbocycles. The van der Waals surface area contributed by atoms with Crippen LogP contribution in [0.1, 0.15) is 219 Å². The summed E-state index contributed by atoms with van der Waals surface area (Å²) in [7, 11) is 13.8. The molecule has 0 saturated carbocycles. The van der Waals surface area contributed by atoms with Crippen LogP contribution >= 0.6 is 0 Å². The van der Waals surface area contributed by atoms with Gasteiger partial charge in [0.2, 0.25) is 20.4 Å². The van der Waals surface area contributed by atoms with E-state index in [9.17, 15) is 64.0 Å². The summed E-state index contributed by atoms with van der Waals surface area (Å²) in [5.74, 6) is 2.35. The molecule has 15 aliphatic heterocycles. The monoisotopic (exact) mass is 2040 g/mol. The van der Waals surface area contributed by atoms with Crippen LogP contribution in [0.5, 0.6) is 86.2 Å². The number of ether oxygens (including phenoxy) is 16. The minimum atomic E-state index is -0.745. The molecule has 15 heterocycles. The number of nitrogens with zero attached hydrogens (tertiary/aromatic N) is 12. The molecular weight excluding hydrogens is 1930 g/mol. The van der Waals surface area contributed by atoms with Gasteiger partial charge in [0.15, 0.2) is 82.6 Å². The summed E-state index contributed by atoms with van der Waals surface area (Å²) in [4.78, 5) is 138. The van der Waals surface area contributed by atoms with E-state index in [0.717, 1.165) is 44.5 Å². The first-order valence-electron chi connectivity index (χ1n) is 49.7. The van der Waals surface area contributed by atoms with Gasteiger partial charge in [-0.15, -0.1) is 0 Å². The minimum Gasteiger partial charge on any atom is -0.504 e. The minimum absolute atomic E-state index is 0.00815. The largest absolute Gasteiger partial charge is 0.504 e. The van der Waals surface area contributed by atoms with E-state index >= 15 is 0 Å². The second-order valence-corrected chi connectivity index (χ2v) is 40.4. The second-order valence-electron chi connectivity index (χ2n) is 40.4. The highest BCUT2D eigenvalue weighted by molar-refractivity contribution is 6.23. The van der Waals surface area contributed by atoms with Gasteiger partial charge in [-0.2, -0.15) is 15.8 Å². The van der Waals surface area contributed by atoms with Crippen molar-refractivity contribution in [2.75, 3.05) is 110 Å². The Morgan fingerprint density at radius 1 is 0.353 bits per heavy atom. The molecule has 3 saturated heterocycles. The van der Waals surface area contributed by atoms with Crippen molar-refractivity contribution < 1.29 is 124 Å². The highest BCUT2D eigenvalue weighted by Crippen LogP contribution is 2.65. The number of carbonyl (C=O) groups excluding carboxylic acids is 9. The van der Waals surface area contributed by atoms with Crippen LogP contribution in [0, 0.1) is 75.5 Å². The number of carbonyl (C=O) groups is 9. The van der Waals surface area contributed by atoms with E-state index in [1.807, 2.05) is 61.8 Å². The van der Waals surface area contributed by atoms with Gasteiger partial charge < -0.3 is 80.9 Å². The first-order chi connectivity index (χ1) is 72.3. The smallest absolute Gasteiger partial charge is 0.308 e. The van der Waals surface area contributed by atoms with Crippen molar-refractivity contribution in [1.29, 1.82) is 15.8 Å². The van der Waals surface area contributed by atoms with Crippen molar-refractivity contribution in [3.63, 3.8) is 0 Å². The molecule has 38 heteroatoms. The predicted molar refractivity (Wildman–Crippen MR) is 530 cm³/mol. The molecule has 15 aliphatic rings. The molecule has 0 radical (unpaired) electrons. The number of hydrogen-bond acceptors (Lipinski definition) is 35. The van der Waals surface area contributed by atoms with Crippen molar-refractivity contribution in [2.24, 2.45) is 0 Å². The third kappa shape index (κ3) is 15.0. The van der Waals surface area contributed by atoms with Crippen LogP contribution in [0.15, 0.2) is 91.0 Å². The molecule has 0 spiro atoms. The quantitative estimate of drug-likeness (QED) is 0.0361. The lowest BCUT2D eigenvalue weighted by atomic mass is 9.71. The second kappa shape index (κ2) is 38.0. The van der Waals surface area contributed by atoms with E-state index in [1.165, 1.54) is 42.6 Å². The van der Waals surface area contributed by atoms with Gasteiger partial charge in [-0.1, -0.05) is 54.6 Å². The molecule has 774 valence electrons. The molecule has 6 unspecified atom stereocenters. The van der Waals surface area contributed by atoms with Crippen LogP contribution in [0.3, 0.4) is 0 Å². The number of amides is 6. The molecule has 6 amide bonds. The van der Waals surface area contributed by atoms with Crippen molar-refractivity contribution in [3.8, 4) is 104 Å². The number of esters is 3. The summed E-state index contributed by atoms with van der Waals surface area (Å²) in [6.45, 7) is 14.8. The number of methoxy groups -OCH3 is 5. The van der Waals surface area contributed by atoms with Crippen LogP contribution < -0.4 is 66.3 Å². The molecule has 24 rings (SSSR count). The number of nitriles is 3. The molecule has 1 N–H and O–H groups in total. The number of likely N-dealkylation sites (N-methyl/N-ethyl adjacent to an activating group) is 3. The van der Waals surface area contributed by atoms with E-state index in [4.69, 9.17) is 75.8 Å². The van der Waals surface area contributed by atoms with Crippen LogP contribution in [0.25, 0.3) is 0 Å². The zero-order valence-corrected chi connectivity index (χ0v) is 85.7. The van der Waals surface area contributed by atoms with Gasteiger partial charge in [0.1, 0.15) is 35.4 Å². The van der Waals surface area contributed by atoms with Crippen LogP contribution in [-0.2, 0) is 62.4 Å². The van der Waals surface area contributed by atoms with Crippen molar-refractivity contribution >= 4 is 53.4 Å². The third-order valence-electron chi connectivity index (χ3n) is 32.8. The van der Waals surface area contributed by atoms with Crippen molar-refractivity contribution in [1.82, 2.24) is 44.1 Å². The van der Waals surface area contributed by atoms with Crippen molar-refractivity contribution in [2.45, 2.75) is 191 Å². The maximum atomic E-state index is 13.9. The number of hydrogen-bond donors (Lipinski definition) is 1. The van der Waals surface area contributed by atoms with Crippen LogP contribution in [0.4, 0.5) is 0 Å². The number of aryl methyl sites for hydroxylation is 3. The summed E-state index contributed by atoms with van der Waals surface area (Å²) < 4.78 is 94.8. The Bertz CT molecular complexity index is 7090. The number of rotatable bonds is 18. The Hall–Kier alpha value is -15.4. The fraction of sp³-hybridized carbons (Fsp3) is 0.411. The summed E-state index contributed by atoms with van der Waals surface area (Å²) in [5, 5.41) is 44.7. The predicted octanol–water partition coefficient (Wildman–Crippen LogP) is 11.8. The molecule has 9 aromatic rings. The highest BCUT2D eigenvalue weighted by atomic mass is 16.7. The first-order valence-corrected chi connectivity index (χ1v) is 49.7. The first kappa shape index (κ1) is 99.2. The maximum absolute atomic E-state index is 13.9. The number of piperazine rings is 3. The lowest BCUT2D eigenvalue weighted by molar-refractivity contribution is -0.133. The topological polar surface area (TPSA) is 422 Å². The van der Waals surface area contributed by atoms with Crippen LogP contribution in [-0.4, -0.2) is 267 Å². The van der Waals surface area contributed by atoms with Gasteiger partial charge in [-0.05, 0) is 171 Å². The van der Waals surface area contributed by atoms with Crippen molar-refractivity contribution in [3.05, 3.63) is 225 Å². The molecule has 15 atom stereocenters. The normalized spacial score (nSPS) is 24.6. The Labute approximate surface area is 863 Å². The zero-order valence-electron chi connectivity index (χ0n) is 85.7. The molecule has 0 aliphatic carbocycles. The molecule has 6 bridgehead atoms. The number of fused-ring (bicyclic) bond motifs is 30. The Morgan fingerprint density at radius 2 is 0.613 bits per heavy atom. The zero-order chi connectivity index (χ0) is 106. The molecule has 150 heavy (non-hydrogen) atoms. The average Bonchev–Trinajstić information content (AvgIpc) is 1.15. The lowest BCUT2D eigenvalue weighted by Gasteiger charge is -2.60. The standard InChI is InChI=1S/2C38H38N4O9.C36H34N4O8/c2*1-18-11-21-12-25-27(14-39)42-26(31(40(25)4)29(21)35(32(18)47-6)48-16-46-5)13-24-30(36-34(49-17-50-36)19(2)33(24)51-20(3)43)28(42)15-41-37(44)22-9-7-8-10-23(22)38(41)45;1-16-10-19-11-23-25(13-37)40-24(29(38(23)4)27(19)30(42)31(16)45-5)12-22-28(34-33(46-15-47-34)17(2)32(22)48-18(3)41)26(40)14-39-35(43)20-8-6-7-9-21(20)36(39)44/h2*7-11,25-28,31H,12-13,15-17H2,1-6H3;6-10,23-26,29,42H,11-12,14-15H2,1-5H3/t2*25-,26?,27?,28-,31-;23-,24?,25?,26-,29-/m000/s1. The fourth-order valence-electron chi connectivity index (χ4n) is 27.1. The average molecular weight is 2040 g/mol. The molecule has 3 fully saturated rings. The molecule has 0 aromatic heterocycles. The number of aromatic hydroxyl groups is 1. The maximum Gasteiger partial charge on any atom is 0.308 e. The molecular formula is C112H110N12O26. The van der Waals surface area contributed by atoms with Gasteiger partial charge in [0.05, 0.1) is 109 Å². The number of phenols is 1.